The number of ether oxygens (including phenoxy) is 1. The summed E-state index contributed by atoms with van der Waals surface area (Å²) >= 11 is 0. The summed E-state index contributed by atoms with van der Waals surface area (Å²) in [6.07, 6.45) is 4.33. The molecule has 5 nitrogen and oxygen atoms in total. The zero-order valence-corrected chi connectivity index (χ0v) is 12.7. The van der Waals surface area contributed by atoms with Crippen LogP contribution in [0.4, 0.5) is 5.69 Å². The molecule has 0 spiro atoms. The van der Waals surface area contributed by atoms with Crippen LogP contribution in [0.5, 0.6) is 5.75 Å². The van der Waals surface area contributed by atoms with Gasteiger partial charge >= 0.3 is 5.97 Å². The number of benzene rings is 1. The predicted molar refractivity (Wildman–Crippen MR) is 81.2 cm³/mol. The number of carbonyl (C=O) groups is 1. The third kappa shape index (κ3) is 5.02. The van der Waals surface area contributed by atoms with Gasteiger partial charge in [-0.1, -0.05) is 25.5 Å². The molecule has 0 amide bonds. The summed E-state index contributed by atoms with van der Waals surface area (Å²) in [5, 5.41) is 10.6. The molecule has 0 bridgehead atoms. The molecule has 0 radical (unpaired) electrons. The molecular weight excluding hydrogens is 270 g/mol. The molecule has 0 saturated heterocycles. The maximum atomic E-state index is 12.1. The molecule has 0 aromatic heterocycles. The van der Waals surface area contributed by atoms with Crippen molar-refractivity contribution in [2.24, 2.45) is 5.92 Å². The highest BCUT2D eigenvalue weighted by atomic mass is 16.6. The summed E-state index contributed by atoms with van der Waals surface area (Å²) in [6, 6.07) is 5.54. The fraction of sp³-hybridized carbons (Fsp3) is 0.438. The molecule has 0 heterocycles. The lowest BCUT2D eigenvalue weighted by atomic mass is 9.95. The number of allylic oxidation sites excluding steroid dienone is 2. The second kappa shape index (κ2) is 8.19. The highest BCUT2D eigenvalue weighted by Crippen LogP contribution is 2.22. The Morgan fingerprint density at radius 3 is 2.38 bits per heavy atom. The Morgan fingerprint density at radius 2 is 1.95 bits per heavy atom. The number of hydrogen-bond acceptors (Lipinski definition) is 4. The van der Waals surface area contributed by atoms with Crippen molar-refractivity contribution < 1.29 is 14.5 Å². The van der Waals surface area contributed by atoms with Gasteiger partial charge in [0.2, 0.25) is 0 Å². The van der Waals surface area contributed by atoms with E-state index in [9.17, 15) is 14.9 Å². The number of nitro benzene ring substituents is 1. The Kier molecular flexibility index (Phi) is 6.59. The van der Waals surface area contributed by atoms with E-state index < -0.39 is 4.92 Å². The monoisotopic (exact) mass is 291 g/mol. The minimum absolute atomic E-state index is 0.0240. The van der Waals surface area contributed by atoms with E-state index in [2.05, 4.69) is 6.92 Å². The van der Waals surface area contributed by atoms with E-state index in [4.69, 9.17) is 4.74 Å². The van der Waals surface area contributed by atoms with Crippen molar-refractivity contribution in [1.29, 1.82) is 0 Å². The number of esters is 1. The molecule has 1 aromatic rings. The first-order chi connectivity index (χ1) is 10.0. The quantitative estimate of drug-likeness (QED) is 0.247. The molecule has 0 aliphatic heterocycles. The van der Waals surface area contributed by atoms with Crippen LogP contribution in [0.2, 0.25) is 0 Å². The van der Waals surface area contributed by atoms with Crippen molar-refractivity contribution in [3.05, 3.63) is 46.0 Å². The summed E-state index contributed by atoms with van der Waals surface area (Å²) in [5.41, 5.74) is 1.20. The summed E-state index contributed by atoms with van der Waals surface area (Å²) in [6.45, 7) is 5.97. The molecule has 0 saturated carbocycles. The van der Waals surface area contributed by atoms with Crippen molar-refractivity contribution in [2.45, 2.75) is 40.0 Å². The van der Waals surface area contributed by atoms with E-state index in [1.54, 1.807) is 0 Å². The smallest absolute Gasteiger partial charge is 0.314 e. The molecule has 1 rings (SSSR count). The van der Waals surface area contributed by atoms with Crippen LogP contribution in [-0.4, -0.2) is 10.9 Å². The number of non-ortho nitro benzene ring substituents is 1. The lowest BCUT2D eigenvalue weighted by molar-refractivity contribution is -0.384. The Hall–Kier alpha value is -2.17. The Labute approximate surface area is 124 Å². The van der Waals surface area contributed by atoms with Crippen LogP contribution in [0.1, 0.15) is 40.0 Å². The topological polar surface area (TPSA) is 69.4 Å². The number of nitro groups is 1. The molecule has 0 N–H and O–H groups in total. The fourth-order valence-corrected chi connectivity index (χ4v) is 2.01. The van der Waals surface area contributed by atoms with Crippen LogP contribution in [0, 0.1) is 16.0 Å². The SMILES string of the molecule is CC=C(CC)CC(CC)C(=O)Oc1ccc([N+](=O)[O-])cc1. The molecule has 0 aliphatic rings. The minimum Gasteiger partial charge on any atom is -0.426 e. The van der Waals surface area contributed by atoms with Gasteiger partial charge in [-0.15, -0.1) is 0 Å². The van der Waals surface area contributed by atoms with Crippen LogP contribution < -0.4 is 4.74 Å². The zero-order valence-electron chi connectivity index (χ0n) is 12.7. The standard InChI is InChI=1S/C16H21NO4/c1-4-12(5-2)11-13(6-3)16(18)21-15-9-7-14(8-10-15)17(19)20/h4,7-10,13H,5-6,11H2,1-3H3. The van der Waals surface area contributed by atoms with Gasteiger partial charge in [-0.3, -0.25) is 14.9 Å². The van der Waals surface area contributed by atoms with Crippen molar-refractivity contribution in [3.63, 3.8) is 0 Å². The summed E-state index contributed by atoms with van der Waals surface area (Å²) in [5.74, 6) is -0.145. The van der Waals surface area contributed by atoms with E-state index in [1.165, 1.54) is 29.8 Å². The van der Waals surface area contributed by atoms with Crippen LogP contribution in [0.25, 0.3) is 0 Å². The number of hydrogen-bond donors (Lipinski definition) is 0. The molecule has 0 fully saturated rings. The molecule has 114 valence electrons. The van der Waals surface area contributed by atoms with E-state index in [-0.39, 0.29) is 17.6 Å². The fourth-order valence-electron chi connectivity index (χ4n) is 2.01. The zero-order chi connectivity index (χ0) is 15.8. The van der Waals surface area contributed by atoms with Gasteiger partial charge < -0.3 is 4.74 Å². The maximum absolute atomic E-state index is 12.1. The van der Waals surface area contributed by atoms with Crippen LogP contribution >= 0.6 is 0 Å². The molecule has 0 aliphatic carbocycles. The number of carbonyl (C=O) groups excluding carboxylic acids is 1. The van der Waals surface area contributed by atoms with Crippen LogP contribution in [0.3, 0.4) is 0 Å². The first kappa shape index (κ1) is 16.9. The second-order valence-electron chi connectivity index (χ2n) is 4.78. The van der Waals surface area contributed by atoms with E-state index >= 15 is 0 Å². The molecule has 1 aromatic carbocycles. The van der Waals surface area contributed by atoms with E-state index in [0.717, 1.165) is 6.42 Å². The third-order valence-corrected chi connectivity index (χ3v) is 3.46. The van der Waals surface area contributed by atoms with Gasteiger partial charge in [0.05, 0.1) is 10.8 Å². The minimum atomic E-state index is -0.486. The van der Waals surface area contributed by atoms with Gasteiger partial charge in [0.15, 0.2) is 0 Å². The highest BCUT2D eigenvalue weighted by Gasteiger charge is 2.20. The molecule has 1 unspecified atom stereocenters. The summed E-state index contributed by atoms with van der Waals surface area (Å²) < 4.78 is 5.30. The average Bonchev–Trinajstić information content (AvgIpc) is 2.49. The lowest BCUT2D eigenvalue weighted by Gasteiger charge is -2.15. The van der Waals surface area contributed by atoms with Crippen molar-refractivity contribution in [2.75, 3.05) is 0 Å². The van der Waals surface area contributed by atoms with Gasteiger partial charge in [0.25, 0.3) is 5.69 Å². The normalized spacial score (nSPS) is 12.8. The number of nitrogens with zero attached hydrogens (tertiary/aromatic N) is 1. The first-order valence-corrected chi connectivity index (χ1v) is 7.12. The first-order valence-electron chi connectivity index (χ1n) is 7.12. The van der Waals surface area contributed by atoms with Crippen molar-refractivity contribution in [3.8, 4) is 5.75 Å². The molecular formula is C16H21NO4. The lowest BCUT2D eigenvalue weighted by Crippen LogP contribution is -2.20. The Balaban J connectivity index is 2.71. The van der Waals surface area contributed by atoms with Crippen molar-refractivity contribution in [1.82, 2.24) is 0 Å². The predicted octanol–water partition coefficient (Wildman–Crippen LogP) is 4.27. The van der Waals surface area contributed by atoms with Gasteiger partial charge in [-0.2, -0.15) is 0 Å². The Morgan fingerprint density at radius 1 is 1.33 bits per heavy atom. The van der Waals surface area contributed by atoms with Crippen LogP contribution in [-0.2, 0) is 4.79 Å². The van der Waals surface area contributed by atoms with Crippen LogP contribution in [0.15, 0.2) is 35.9 Å². The van der Waals surface area contributed by atoms with Gasteiger partial charge in [0.1, 0.15) is 5.75 Å². The average molecular weight is 291 g/mol. The second-order valence-corrected chi connectivity index (χ2v) is 4.78. The largest absolute Gasteiger partial charge is 0.426 e. The highest BCUT2D eigenvalue weighted by molar-refractivity contribution is 5.75. The summed E-state index contributed by atoms with van der Waals surface area (Å²) in [7, 11) is 0. The third-order valence-electron chi connectivity index (χ3n) is 3.46. The van der Waals surface area contributed by atoms with Gasteiger partial charge in [-0.25, -0.2) is 0 Å². The van der Waals surface area contributed by atoms with Gasteiger partial charge in [-0.05, 0) is 38.3 Å². The number of rotatable bonds is 7. The molecule has 21 heavy (non-hydrogen) atoms. The summed E-state index contributed by atoms with van der Waals surface area (Å²) in [4.78, 5) is 22.2. The molecule has 5 heteroatoms. The van der Waals surface area contributed by atoms with Crippen molar-refractivity contribution >= 4 is 11.7 Å². The maximum Gasteiger partial charge on any atom is 0.314 e. The molecule has 1 atom stereocenters. The Bertz CT molecular complexity index is 520. The van der Waals surface area contributed by atoms with E-state index in [1.807, 2.05) is 19.9 Å². The van der Waals surface area contributed by atoms with Gasteiger partial charge in [0, 0.05) is 12.1 Å². The van der Waals surface area contributed by atoms with E-state index in [0.29, 0.717) is 18.6 Å².